The van der Waals surface area contributed by atoms with Crippen LogP contribution in [0.15, 0.2) is 18.2 Å². The Morgan fingerprint density at radius 2 is 1.77 bits per heavy atom. The van der Waals surface area contributed by atoms with Crippen molar-refractivity contribution in [1.29, 1.82) is 0 Å². The summed E-state index contributed by atoms with van der Waals surface area (Å²) in [7, 11) is 0. The minimum atomic E-state index is -0.300. The zero-order valence-corrected chi connectivity index (χ0v) is 13.7. The molecule has 1 aliphatic carbocycles. The van der Waals surface area contributed by atoms with Gasteiger partial charge < -0.3 is 10.2 Å². The van der Waals surface area contributed by atoms with Gasteiger partial charge in [-0.2, -0.15) is 0 Å². The van der Waals surface area contributed by atoms with Crippen LogP contribution in [0.2, 0.25) is 10.0 Å². The normalized spacial score (nSPS) is 22.4. The third kappa shape index (κ3) is 3.39. The first-order chi connectivity index (χ1) is 10.5. The summed E-state index contributed by atoms with van der Waals surface area (Å²) in [4.78, 5) is 26.4. The van der Waals surface area contributed by atoms with Crippen LogP contribution in [0.25, 0.3) is 0 Å². The molecule has 2 aliphatic rings. The predicted octanol–water partition coefficient (Wildman–Crippen LogP) is 3.72. The Labute approximate surface area is 139 Å². The summed E-state index contributed by atoms with van der Waals surface area (Å²) in [6.07, 6.45) is 4.75. The second kappa shape index (κ2) is 6.47. The van der Waals surface area contributed by atoms with Crippen molar-refractivity contribution in [3.63, 3.8) is 0 Å². The van der Waals surface area contributed by atoms with Gasteiger partial charge >= 0.3 is 0 Å². The molecular weight excluding hydrogens is 323 g/mol. The van der Waals surface area contributed by atoms with Gasteiger partial charge in [0.15, 0.2) is 0 Å². The molecule has 0 unspecified atom stereocenters. The number of amides is 2. The van der Waals surface area contributed by atoms with Crippen molar-refractivity contribution in [3.8, 4) is 0 Å². The monoisotopic (exact) mass is 340 g/mol. The molecule has 1 aliphatic heterocycles. The van der Waals surface area contributed by atoms with Crippen LogP contribution in [-0.2, 0) is 9.59 Å². The zero-order valence-electron chi connectivity index (χ0n) is 12.1. The van der Waals surface area contributed by atoms with Gasteiger partial charge in [0.05, 0.1) is 5.92 Å². The second-order valence-corrected chi connectivity index (χ2v) is 6.91. The number of nitrogens with zero attached hydrogens (tertiary/aromatic N) is 1. The van der Waals surface area contributed by atoms with Gasteiger partial charge in [0, 0.05) is 34.7 Å². The first-order valence-corrected chi connectivity index (χ1v) is 8.35. The van der Waals surface area contributed by atoms with Crippen LogP contribution in [0.5, 0.6) is 0 Å². The van der Waals surface area contributed by atoms with E-state index in [1.807, 2.05) is 4.90 Å². The van der Waals surface area contributed by atoms with Crippen LogP contribution in [0.1, 0.15) is 32.1 Å². The first kappa shape index (κ1) is 15.6. The van der Waals surface area contributed by atoms with E-state index < -0.39 is 0 Å². The molecule has 3 rings (SSSR count). The molecule has 1 saturated carbocycles. The van der Waals surface area contributed by atoms with Gasteiger partial charge in [-0.05, 0) is 31.0 Å². The molecule has 1 heterocycles. The number of hydrogen-bond acceptors (Lipinski definition) is 2. The maximum atomic E-state index is 12.4. The van der Waals surface area contributed by atoms with Gasteiger partial charge in [0.2, 0.25) is 11.8 Å². The molecule has 22 heavy (non-hydrogen) atoms. The molecule has 0 spiro atoms. The fraction of sp³-hybridized carbons (Fsp3) is 0.500. The van der Waals surface area contributed by atoms with E-state index in [0.717, 1.165) is 12.8 Å². The number of rotatable bonds is 3. The summed E-state index contributed by atoms with van der Waals surface area (Å²) in [5.41, 5.74) is 0.564. The Morgan fingerprint density at radius 1 is 1.14 bits per heavy atom. The highest BCUT2D eigenvalue weighted by molar-refractivity contribution is 6.35. The summed E-state index contributed by atoms with van der Waals surface area (Å²) in [6.45, 7) is 0.517. The van der Waals surface area contributed by atoms with Gasteiger partial charge in [0.1, 0.15) is 0 Å². The molecule has 2 fully saturated rings. The molecule has 1 N–H and O–H groups in total. The SMILES string of the molecule is O=C(Nc1cc(Cl)cc(Cl)c1)[C@H]1CC(=O)N(C2CCCC2)C1. The summed E-state index contributed by atoms with van der Waals surface area (Å²) in [5, 5.41) is 3.75. The van der Waals surface area contributed by atoms with Crippen LogP contribution in [0.4, 0.5) is 5.69 Å². The molecule has 1 saturated heterocycles. The summed E-state index contributed by atoms with van der Waals surface area (Å²) in [6, 6.07) is 5.24. The van der Waals surface area contributed by atoms with Gasteiger partial charge in [-0.3, -0.25) is 9.59 Å². The Balaban J connectivity index is 1.64. The zero-order chi connectivity index (χ0) is 15.7. The Hall–Kier alpha value is -1.26. The number of anilines is 1. The number of carbonyl (C=O) groups is 2. The standard InChI is InChI=1S/C16H18Cl2N2O2/c17-11-6-12(18)8-13(7-11)19-16(22)10-5-15(21)20(9-10)14-3-1-2-4-14/h6-8,10,14H,1-5,9H2,(H,19,22)/t10-/m0/s1. The fourth-order valence-electron chi connectivity index (χ4n) is 3.35. The third-order valence-electron chi connectivity index (χ3n) is 4.42. The quantitative estimate of drug-likeness (QED) is 0.911. The maximum Gasteiger partial charge on any atom is 0.229 e. The van der Waals surface area contributed by atoms with Crippen molar-refractivity contribution >= 4 is 40.7 Å². The summed E-state index contributed by atoms with van der Waals surface area (Å²) >= 11 is 11.9. The lowest BCUT2D eigenvalue weighted by atomic mass is 10.1. The Bertz CT molecular complexity index is 580. The number of nitrogens with one attached hydrogen (secondary N) is 1. The van der Waals surface area contributed by atoms with Crippen LogP contribution in [0.3, 0.4) is 0 Å². The molecule has 1 aromatic rings. The van der Waals surface area contributed by atoms with Crippen molar-refractivity contribution in [1.82, 2.24) is 4.90 Å². The van der Waals surface area contributed by atoms with E-state index in [9.17, 15) is 9.59 Å². The molecule has 1 aromatic carbocycles. The highest BCUT2D eigenvalue weighted by Gasteiger charge is 2.38. The smallest absolute Gasteiger partial charge is 0.229 e. The van der Waals surface area contributed by atoms with Crippen LogP contribution >= 0.6 is 23.2 Å². The first-order valence-electron chi connectivity index (χ1n) is 7.59. The average Bonchev–Trinajstić information content (AvgIpc) is 3.06. The van der Waals surface area contributed by atoms with Crippen molar-refractivity contribution in [3.05, 3.63) is 28.2 Å². The summed E-state index contributed by atoms with van der Waals surface area (Å²) < 4.78 is 0. The molecule has 1 atom stereocenters. The molecule has 0 bridgehead atoms. The lowest BCUT2D eigenvalue weighted by Crippen LogP contribution is -2.35. The van der Waals surface area contributed by atoms with Crippen LogP contribution in [0, 0.1) is 5.92 Å². The third-order valence-corrected chi connectivity index (χ3v) is 4.86. The van der Waals surface area contributed by atoms with Crippen LogP contribution in [-0.4, -0.2) is 29.3 Å². The minimum Gasteiger partial charge on any atom is -0.339 e. The minimum absolute atomic E-state index is 0.0937. The van der Waals surface area contributed by atoms with E-state index >= 15 is 0 Å². The fourth-order valence-corrected chi connectivity index (χ4v) is 3.87. The van der Waals surface area contributed by atoms with Crippen molar-refractivity contribution in [2.75, 3.05) is 11.9 Å². The second-order valence-electron chi connectivity index (χ2n) is 6.03. The van der Waals surface area contributed by atoms with E-state index in [-0.39, 0.29) is 24.2 Å². The molecule has 6 heteroatoms. The van der Waals surface area contributed by atoms with Crippen molar-refractivity contribution in [2.45, 2.75) is 38.1 Å². The number of hydrogen-bond donors (Lipinski definition) is 1. The van der Waals surface area contributed by atoms with Gasteiger partial charge in [-0.1, -0.05) is 36.0 Å². The highest BCUT2D eigenvalue weighted by atomic mass is 35.5. The van der Waals surface area contributed by atoms with Crippen molar-refractivity contribution in [2.24, 2.45) is 5.92 Å². The molecule has 0 aromatic heterocycles. The van der Waals surface area contributed by atoms with Gasteiger partial charge in [-0.25, -0.2) is 0 Å². The van der Waals surface area contributed by atoms with E-state index in [4.69, 9.17) is 23.2 Å². The van der Waals surface area contributed by atoms with E-state index in [0.29, 0.717) is 28.3 Å². The number of halogens is 2. The molecule has 4 nitrogen and oxygen atoms in total. The Kier molecular flexibility index (Phi) is 4.59. The van der Waals surface area contributed by atoms with E-state index in [1.54, 1.807) is 18.2 Å². The Morgan fingerprint density at radius 3 is 2.41 bits per heavy atom. The summed E-state index contributed by atoms with van der Waals surface area (Å²) in [5.74, 6) is -0.353. The molecule has 2 amide bonds. The van der Waals surface area contributed by atoms with Crippen LogP contribution < -0.4 is 5.32 Å². The molecular formula is C16H18Cl2N2O2. The van der Waals surface area contributed by atoms with E-state index in [1.165, 1.54) is 12.8 Å². The highest BCUT2D eigenvalue weighted by Crippen LogP contribution is 2.30. The maximum absolute atomic E-state index is 12.4. The lowest BCUT2D eigenvalue weighted by molar-refractivity contribution is -0.129. The molecule has 0 radical (unpaired) electrons. The average molecular weight is 341 g/mol. The predicted molar refractivity (Wildman–Crippen MR) is 87.2 cm³/mol. The number of likely N-dealkylation sites (tertiary alicyclic amines) is 1. The number of carbonyl (C=O) groups excluding carboxylic acids is 2. The largest absolute Gasteiger partial charge is 0.339 e. The van der Waals surface area contributed by atoms with E-state index in [2.05, 4.69) is 5.32 Å². The topological polar surface area (TPSA) is 49.4 Å². The van der Waals surface area contributed by atoms with Crippen molar-refractivity contribution < 1.29 is 9.59 Å². The number of benzene rings is 1. The van der Waals surface area contributed by atoms with Gasteiger partial charge in [-0.15, -0.1) is 0 Å². The lowest BCUT2D eigenvalue weighted by Gasteiger charge is -2.23. The van der Waals surface area contributed by atoms with Gasteiger partial charge in [0.25, 0.3) is 0 Å². The molecule has 118 valence electrons.